The van der Waals surface area contributed by atoms with Gasteiger partial charge in [-0.25, -0.2) is 5.10 Å². The molecule has 0 radical (unpaired) electrons. The van der Waals surface area contributed by atoms with E-state index in [0.717, 1.165) is 0 Å². The van der Waals surface area contributed by atoms with Gasteiger partial charge in [0.15, 0.2) is 0 Å². The molecule has 0 atom stereocenters. The normalized spacial score (nSPS) is 10.2. The number of nitrogens with one attached hydrogen (secondary N) is 3. The molecule has 0 aliphatic heterocycles. The molecule has 3 N–H and O–H groups in total. The Morgan fingerprint density at radius 3 is 2.50 bits per heavy atom. The second-order valence-electron chi connectivity index (χ2n) is 4.01. The van der Waals surface area contributed by atoms with E-state index >= 15 is 0 Å². The van der Waals surface area contributed by atoms with Crippen molar-refractivity contribution in [1.29, 1.82) is 0 Å². The highest BCUT2D eigenvalue weighted by molar-refractivity contribution is 5.91. The van der Waals surface area contributed by atoms with Gasteiger partial charge in [0, 0.05) is 25.1 Å². The van der Waals surface area contributed by atoms with Crippen molar-refractivity contribution in [2.75, 3.05) is 13.1 Å². The van der Waals surface area contributed by atoms with E-state index in [2.05, 4.69) is 20.8 Å². The van der Waals surface area contributed by atoms with Crippen molar-refractivity contribution in [3.8, 4) is 0 Å². The van der Waals surface area contributed by atoms with Gasteiger partial charge in [-0.15, -0.1) is 0 Å². The lowest BCUT2D eigenvalue weighted by atomic mass is 10.2. The topological polar surface area (TPSA) is 104 Å². The highest BCUT2D eigenvalue weighted by atomic mass is 16.2. The lowest BCUT2D eigenvalue weighted by Crippen LogP contribution is -2.36. The summed E-state index contributed by atoms with van der Waals surface area (Å²) in [6.07, 6.45) is 0. The Kier molecular flexibility index (Phi) is 5.04. The Morgan fingerprint density at radius 2 is 1.94 bits per heavy atom. The van der Waals surface area contributed by atoms with Gasteiger partial charge in [0.25, 0.3) is 11.5 Å². The number of carbonyl (C=O) groups is 2. The van der Waals surface area contributed by atoms with Crippen molar-refractivity contribution in [3.05, 3.63) is 28.2 Å². The second kappa shape index (κ2) is 6.53. The van der Waals surface area contributed by atoms with E-state index in [1.165, 1.54) is 12.1 Å². The monoisotopic (exact) mass is 252 g/mol. The predicted molar refractivity (Wildman–Crippen MR) is 65.0 cm³/mol. The number of hydrogen-bond acceptors (Lipinski definition) is 4. The van der Waals surface area contributed by atoms with Crippen LogP contribution in [0.4, 0.5) is 0 Å². The molecule has 0 fully saturated rings. The van der Waals surface area contributed by atoms with Crippen molar-refractivity contribution in [1.82, 2.24) is 20.8 Å². The number of nitrogens with zero attached hydrogens (tertiary/aromatic N) is 1. The molecule has 0 aliphatic rings. The Hall–Kier alpha value is -2.18. The first-order valence-corrected chi connectivity index (χ1v) is 5.62. The summed E-state index contributed by atoms with van der Waals surface area (Å²) in [5.41, 5.74) is -0.236. The molecule has 2 amide bonds. The van der Waals surface area contributed by atoms with E-state index in [1.54, 1.807) is 13.8 Å². The summed E-state index contributed by atoms with van der Waals surface area (Å²) in [4.78, 5) is 33.5. The third-order valence-corrected chi connectivity index (χ3v) is 2.15. The van der Waals surface area contributed by atoms with Crippen LogP contribution < -0.4 is 16.2 Å². The summed E-state index contributed by atoms with van der Waals surface area (Å²) in [5, 5.41) is 11.0. The molecule has 18 heavy (non-hydrogen) atoms. The van der Waals surface area contributed by atoms with Gasteiger partial charge in [-0.1, -0.05) is 13.8 Å². The quantitative estimate of drug-likeness (QED) is 0.601. The summed E-state index contributed by atoms with van der Waals surface area (Å²) < 4.78 is 0. The van der Waals surface area contributed by atoms with Crippen LogP contribution >= 0.6 is 0 Å². The number of aromatic nitrogens is 2. The molecule has 0 unspecified atom stereocenters. The minimum Gasteiger partial charge on any atom is -0.354 e. The average Bonchev–Trinajstić information content (AvgIpc) is 2.34. The zero-order chi connectivity index (χ0) is 13.5. The largest absolute Gasteiger partial charge is 0.354 e. The maximum Gasteiger partial charge on any atom is 0.271 e. The van der Waals surface area contributed by atoms with Crippen molar-refractivity contribution in [2.24, 2.45) is 5.92 Å². The zero-order valence-electron chi connectivity index (χ0n) is 10.3. The van der Waals surface area contributed by atoms with Gasteiger partial charge in [0.2, 0.25) is 5.91 Å². The lowest BCUT2D eigenvalue weighted by Gasteiger charge is -2.08. The van der Waals surface area contributed by atoms with Crippen LogP contribution in [0.25, 0.3) is 0 Å². The van der Waals surface area contributed by atoms with E-state index < -0.39 is 5.91 Å². The van der Waals surface area contributed by atoms with Crippen LogP contribution in [-0.2, 0) is 4.79 Å². The molecule has 1 aromatic heterocycles. The van der Waals surface area contributed by atoms with Crippen molar-refractivity contribution in [3.63, 3.8) is 0 Å². The molecule has 0 spiro atoms. The molecule has 1 heterocycles. The van der Waals surface area contributed by atoms with E-state index in [1.807, 2.05) is 0 Å². The summed E-state index contributed by atoms with van der Waals surface area (Å²) in [5.74, 6) is -0.543. The number of H-pyrrole nitrogens is 1. The van der Waals surface area contributed by atoms with Crippen molar-refractivity contribution >= 4 is 11.8 Å². The highest BCUT2D eigenvalue weighted by Crippen LogP contribution is 1.90. The molecule has 0 bridgehead atoms. The third-order valence-electron chi connectivity index (χ3n) is 2.15. The number of aromatic amines is 1. The summed E-state index contributed by atoms with van der Waals surface area (Å²) in [6, 6.07) is 2.56. The maximum atomic E-state index is 11.5. The molecule has 1 rings (SSSR count). The molecule has 1 aromatic rings. The molecule has 0 saturated heterocycles. The van der Waals surface area contributed by atoms with E-state index in [-0.39, 0.29) is 23.1 Å². The minimum absolute atomic E-state index is 0.0635. The number of rotatable bonds is 5. The molecule has 0 saturated carbocycles. The first-order valence-electron chi connectivity index (χ1n) is 5.62. The first-order chi connectivity index (χ1) is 8.50. The van der Waals surface area contributed by atoms with Crippen LogP contribution in [-0.4, -0.2) is 35.1 Å². The Morgan fingerprint density at radius 1 is 1.28 bits per heavy atom. The number of carbonyl (C=O) groups excluding carboxylic acids is 2. The summed E-state index contributed by atoms with van der Waals surface area (Å²) >= 11 is 0. The second-order valence-corrected chi connectivity index (χ2v) is 4.01. The Balaban J connectivity index is 2.32. The minimum atomic E-state index is -0.398. The fourth-order valence-electron chi connectivity index (χ4n) is 1.13. The SMILES string of the molecule is CC(C)C(=O)NCCNC(=O)c1ccc(=O)[nH]n1. The van der Waals surface area contributed by atoms with Gasteiger partial charge >= 0.3 is 0 Å². The molecule has 0 aliphatic carbocycles. The molecule has 7 heteroatoms. The van der Waals surface area contributed by atoms with Gasteiger partial charge in [0.05, 0.1) is 0 Å². The van der Waals surface area contributed by atoms with Crippen LogP contribution in [0.5, 0.6) is 0 Å². The van der Waals surface area contributed by atoms with Crippen LogP contribution in [0.15, 0.2) is 16.9 Å². The predicted octanol–water partition coefficient (Wildman–Crippen LogP) is -0.728. The average molecular weight is 252 g/mol. The smallest absolute Gasteiger partial charge is 0.271 e. The van der Waals surface area contributed by atoms with Gasteiger partial charge in [0.1, 0.15) is 5.69 Å². The van der Waals surface area contributed by atoms with Crippen LogP contribution in [0.1, 0.15) is 24.3 Å². The summed E-state index contributed by atoms with van der Waals surface area (Å²) in [7, 11) is 0. The zero-order valence-corrected chi connectivity index (χ0v) is 10.3. The van der Waals surface area contributed by atoms with Gasteiger partial charge in [-0.3, -0.25) is 14.4 Å². The molecular weight excluding hydrogens is 236 g/mol. The number of hydrogen-bond donors (Lipinski definition) is 3. The standard InChI is InChI=1S/C11H16N4O3/c1-7(2)10(17)12-5-6-13-11(18)8-3-4-9(16)15-14-8/h3-4,7H,5-6H2,1-2H3,(H,12,17)(H,13,18)(H,15,16). The molecular formula is C11H16N4O3. The summed E-state index contributed by atoms with van der Waals surface area (Å²) in [6.45, 7) is 4.24. The van der Waals surface area contributed by atoms with Gasteiger partial charge in [-0.05, 0) is 6.07 Å². The van der Waals surface area contributed by atoms with Crippen LogP contribution in [0, 0.1) is 5.92 Å². The Labute approximate surface area is 104 Å². The van der Waals surface area contributed by atoms with Crippen LogP contribution in [0.3, 0.4) is 0 Å². The van der Waals surface area contributed by atoms with Gasteiger partial charge < -0.3 is 10.6 Å². The van der Waals surface area contributed by atoms with E-state index in [9.17, 15) is 14.4 Å². The van der Waals surface area contributed by atoms with Crippen molar-refractivity contribution < 1.29 is 9.59 Å². The fraction of sp³-hybridized carbons (Fsp3) is 0.455. The van der Waals surface area contributed by atoms with Gasteiger partial charge in [-0.2, -0.15) is 5.10 Å². The molecule has 7 nitrogen and oxygen atoms in total. The molecule has 98 valence electrons. The molecule has 0 aromatic carbocycles. The van der Waals surface area contributed by atoms with E-state index in [0.29, 0.717) is 13.1 Å². The Bertz CT molecular complexity index is 461. The highest BCUT2D eigenvalue weighted by Gasteiger charge is 2.08. The lowest BCUT2D eigenvalue weighted by molar-refractivity contribution is -0.123. The van der Waals surface area contributed by atoms with Crippen LogP contribution in [0.2, 0.25) is 0 Å². The van der Waals surface area contributed by atoms with Crippen molar-refractivity contribution in [2.45, 2.75) is 13.8 Å². The first kappa shape index (κ1) is 13.9. The fourth-order valence-corrected chi connectivity index (χ4v) is 1.13. The number of amides is 2. The third kappa shape index (κ3) is 4.36. The van der Waals surface area contributed by atoms with E-state index in [4.69, 9.17) is 0 Å². The maximum absolute atomic E-state index is 11.5.